The van der Waals surface area contributed by atoms with Gasteiger partial charge in [-0.15, -0.1) is 0 Å². The second kappa shape index (κ2) is 11.6. The maximum Gasteiger partial charge on any atom is 0.338 e. The van der Waals surface area contributed by atoms with Gasteiger partial charge in [-0.1, -0.05) is 46.7 Å². The molecule has 1 aliphatic heterocycles. The van der Waals surface area contributed by atoms with E-state index in [0.29, 0.717) is 48.6 Å². The zero-order chi connectivity index (χ0) is 27.6. The predicted molar refractivity (Wildman–Crippen MR) is 146 cm³/mol. The first-order valence-electron chi connectivity index (χ1n) is 11.7. The summed E-state index contributed by atoms with van der Waals surface area (Å²) in [5, 5.41) is 0.769. The molecule has 3 aromatic rings. The van der Waals surface area contributed by atoms with Gasteiger partial charge in [-0.2, -0.15) is 0 Å². The number of ether oxygens (including phenoxy) is 3. The highest BCUT2D eigenvalue weighted by Gasteiger charge is 2.34. The molecule has 11 heteroatoms. The van der Waals surface area contributed by atoms with Crippen LogP contribution in [0.2, 0.25) is 10.0 Å². The minimum Gasteiger partial charge on any atom is -0.490 e. The molecule has 0 bridgehead atoms. The van der Waals surface area contributed by atoms with Gasteiger partial charge >= 0.3 is 11.9 Å². The lowest BCUT2D eigenvalue weighted by molar-refractivity contribution is -0.139. The van der Waals surface area contributed by atoms with E-state index in [2.05, 4.69) is 4.99 Å². The van der Waals surface area contributed by atoms with Crippen LogP contribution in [0.3, 0.4) is 0 Å². The van der Waals surface area contributed by atoms with E-state index in [9.17, 15) is 14.4 Å². The Hall–Kier alpha value is -3.40. The highest BCUT2D eigenvalue weighted by molar-refractivity contribution is 7.07. The Bertz CT molecular complexity index is 1640. The molecule has 198 valence electrons. The number of hydrogen-bond donors (Lipinski definition) is 0. The monoisotopic (exact) mass is 574 g/mol. The van der Waals surface area contributed by atoms with E-state index in [1.54, 1.807) is 63.2 Å². The summed E-state index contributed by atoms with van der Waals surface area (Å²) in [6.07, 6.45) is 1.70. The third-order valence-corrected chi connectivity index (χ3v) is 7.32. The van der Waals surface area contributed by atoms with E-state index in [1.807, 2.05) is 0 Å². The van der Waals surface area contributed by atoms with Crippen molar-refractivity contribution in [2.75, 3.05) is 13.2 Å². The zero-order valence-corrected chi connectivity index (χ0v) is 23.4. The van der Waals surface area contributed by atoms with Gasteiger partial charge in [-0.25, -0.2) is 9.79 Å². The summed E-state index contributed by atoms with van der Waals surface area (Å²) >= 11 is 13.4. The normalized spacial score (nSPS) is 15.1. The molecule has 0 saturated carbocycles. The van der Waals surface area contributed by atoms with E-state index in [1.165, 1.54) is 22.8 Å². The number of carbonyl (C=O) groups is 2. The average Bonchev–Trinajstić information content (AvgIpc) is 3.16. The number of benzene rings is 2. The summed E-state index contributed by atoms with van der Waals surface area (Å²) in [6, 6.07) is 9.12. The van der Waals surface area contributed by atoms with E-state index in [0.717, 1.165) is 0 Å². The Morgan fingerprint density at radius 1 is 1.08 bits per heavy atom. The van der Waals surface area contributed by atoms with Crippen molar-refractivity contribution in [3.8, 4) is 11.5 Å². The van der Waals surface area contributed by atoms with Gasteiger partial charge in [0.15, 0.2) is 16.3 Å². The van der Waals surface area contributed by atoms with Crippen molar-refractivity contribution in [2.24, 2.45) is 4.99 Å². The molecule has 0 fully saturated rings. The van der Waals surface area contributed by atoms with Crippen LogP contribution in [0.5, 0.6) is 11.5 Å². The van der Waals surface area contributed by atoms with Crippen LogP contribution in [0.1, 0.15) is 44.9 Å². The fourth-order valence-electron chi connectivity index (χ4n) is 4.06. The smallest absolute Gasteiger partial charge is 0.338 e. The highest BCUT2D eigenvalue weighted by Crippen LogP contribution is 2.36. The van der Waals surface area contributed by atoms with Gasteiger partial charge in [0, 0.05) is 6.92 Å². The number of thiazole rings is 1. The highest BCUT2D eigenvalue weighted by atomic mass is 35.5. The molecule has 4 rings (SSSR count). The summed E-state index contributed by atoms with van der Waals surface area (Å²) in [5.41, 5.74) is 1.55. The van der Waals surface area contributed by atoms with Crippen LogP contribution in [-0.2, 0) is 14.3 Å². The van der Waals surface area contributed by atoms with E-state index < -0.39 is 18.0 Å². The summed E-state index contributed by atoms with van der Waals surface area (Å²) in [7, 11) is 0. The summed E-state index contributed by atoms with van der Waals surface area (Å²) in [6.45, 7) is 6.95. The Morgan fingerprint density at radius 2 is 1.84 bits per heavy atom. The lowest BCUT2D eigenvalue weighted by atomic mass is 9.95. The number of halogens is 2. The first kappa shape index (κ1) is 27.6. The zero-order valence-electron chi connectivity index (χ0n) is 21.0. The summed E-state index contributed by atoms with van der Waals surface area (Å²) in [5.74, 6) is -0.555. The number of rotatable bonds is 7. The van der Waals surface area contributed by atoms with E-state index in [4.69, 9.17) is 37.4 Å². The number of esters is 2. The van der Waals surface area contributed by atoms with Crippen molar-refractivity contribution in [1.29, 1.82) is 0 Å². The van der Waals surface area contributed by atoms with Crippen molar-refractivity contribution >= 4 is 52.6 Å². The van der Waals surface area contributed by atoms with Gasteiger partial charge in [0.25, 0.3) is 5.56 Å². The quantitative estimate of drug-likeness (QED) is 0.306. The Balaban J connectivity index is 1.95. The topological polar surface area (TPSA) is 96.2 Å². The van der Waals surface area contributed by atoms with E-state index in [-0.39, 0.29) is 23.5 Å². The van der Waals surface area contributed by atoms with Crippen LogP contribution >= 0.6 is 34.5 Å². The predicted octanol–water partition coefficient (Wildman–Crippen LogP) is 4.43. The second-order valence-corrected chi connectivity index (χ2v) is 10.0. The molecule has 2 aromatic carbocycles. The van der Waals surface area contributed by atoms with Crippen molar-refractivity contribution in [3.05, 3.63) is 88.5 Å². The van der Waals surface area contributed by atoms with Crippen LogP contribution in [-0.4, -0.2) is 29.7 Å². The summed E-state index contributed by atoms with van der Waals surface area (Å²) < 4.78 is 18.2. The molecule has 2 heterocycles. The largest absolute Gasteiger partial charge is 0.490 e. The molecule has 0 spiro atoms. The van der Waals surface area contributed by atoms with Gasteiger partial charge in [-0.05, 0) is 62.2 Å². The Morgan fingerprint density at radius 3 is 2.50 bits per heavy atom. The summed E-state index contributed by atoms with van der Waals surface area (Å²) in [4.78, 5) is 43.4. The molecule has 0 aliphatic carbocycles. The Labute approximate surface area is 232 Å². The van der Waals surface area contributed by atoms with Gasteiger partial charge in [0.1, 0.15) is 0 Å². The molecular weight excluding hydrogens is 551 g/mol. The first-order valence-corrected chi connectivity index (χ1v) is 13.3. The standard InChI is InChI=1S/C27H24Cl2N2O6S/c1-5-35-21-13-17(8-10-20(21)37-15(4)32)24-23(26(34)36-6-2)14(3)30-27-31(24)25(33)22(38-27)12-16-7-9-18(28)19(29)11-16/h7-13,24H,5-6H2,1-4H3/b22-12+/t24-/m0/s1. The molecular formula is C27H24Cl2N2O6S. The lowest BCUT2D eigenvalue weighted by Crippen LogP contribution is -2.40. The minimum atomic E-state index is -0.855. The van der Waals surface area contributed by atoms with Crippen LogP contribution in [0.4, 0.5) is 0 Å². The number of nitrogens with zero attached hydrogens (tertiary/aromatic N) is 2. The van der Waals surface area contributed by atoms with Crippen molar-refractivity contribution < 1.29 is 23.8 Å². The van der Waals surface area contributed by atoms with Gasteiger partial charge in [-0.3, -0.25) is 14.2 Å². The lowest BCUT2D eigenvalue weighted by Gasteiger charge is -2.25. The molecule has 38 heavy (non-hydrogen) atoms. The van der Waals surface area contributed by atoms with Crippen LogP contribution in [0.25, 0.3) is 6.08 Å². The maximum absolute atomic E-state index is 13.8. The van der Waals surface area contributed by atoms with E-state index >= 15 is 0 Å². The Kier molecular flexibility index (Phi) is 8.40. The molecule has 0 unspecified atom stereocenters. The van der Waals surface area contributed by atoms with Crippen molar-refractivity contribution in [2.45, 2.75) is 33.7 Å². The molecule has 1 aliphatic rings. The fraction of sp³-hybridized carbons (Fsp3) is 0.259. The van der Waals surface area contributed by atoms with Gasteiger partial charge in [0.2, 0.25) is 0 Å². The molecule has 8 nitrogen and oxygen atoms in total. The van der Waals surface area contributed by atoms with Crippen LogP contribution < -0.4 is 24.4 Å². The first-order chi connectivity index (χ1) is 18.1. The maximum atomic E-state index is 13.8. The molecule has 0 radical (unpaired) electrons. The van der Waals surface area contributed by atoms with Crippen molar-refractivity contribution in [1.82, 2.24) is 4.57 Å². The third-order valence-electron chi connectivity index (χ3n) is 5.60. The number of aromatic nitrogens is 1. The number of carbonyl (C=O) groups excluding carboxylic acids is 2. The van der Waals surface area contributed by atoms with Crippen molar-refractivity contribution in [3.63, 3.8) is 0 Å². The molecule has 1 aromatic heterocycles. The van der Waals surface area contributed by atoms with Gasteiger partial charge < -0.3 is 14.2 Å². The number of hydrogen-bond acceptors (Lipinski definition) is 8. The number of fused-ring (bicyclic) bond motifs is 1. The molecule has 0 N–H and O–H groups in total. The molecule has 1 atom stereocenters. The van der Waals surface area contributed by atoms with Crippen LogP contribution in [0.15, 0.2) is 57.5 Å². The molecule has 0 saturated heterocycles. The van der Waals surface area contributed by atoms with Gasteiger partial charge in [0.05, 0.1) is 45.1 Å². The molecule has 0 amide bonds. The minimum absolute atomic E-state index is 0.152. The third kappa shape index (κ3) is 5.55. The SMILES string of the molecule is CCOC(=O)C1=C(C)N=c2s/c(=C/c3ccc(Cl)c(Cl)c3)c(=O)n2[C@H]1c1ccc(OC(C)=O)c(OCC)c1. The second-order valence-electron chi connectivity index (χ2n) is 8.21. The van der Waals surface area contributed by atoms with Crippen LogP contribution in [0, 0.1) is 0 Å². The fourth-order valence-corrected chi connectivity index (χ4v) is 5.42. The average molecular weight is 575 g/mol. The number of allylic oxidation sites excluding steroid dienone is 1.